The summed E-state index contributed by atoms with van der Waals surface area (Å²) in [7, 11) is 0. The van der Waals surface area contributed by atoms with Crippen molar-refractivity contribution >= 4 is 87.6 Å². The van der Waals surface area contributed by atoms with Crippen molar-refractivity contribution in [3.05, 3.63) is 0 Å². The molecule has 0 saturated carbocycles. The maximum absolute atomic E-state index is 11.4. The minimum Gasteiger partial charge on any atom is -0.791 e. The largest absolute Gasteiger partial charge is 3.00 e. The third kappa shape index (κ3) is 71.7. The van der Waals surface area contributed by atoms with Crippen molar-refractivity contribution in [2.24, 2.45) is 34.4 Å². The molecular formula is C24H56CoN8O2Rh2S6+3. The first-order chi connectivity index (χ1) is 19.2. The standard InChI is InChI=1S/C16H34N4O2S2.4C2H7NS.Co.2Rh/c17-13(11-23)15(21)19-9-7-5-3-1-2-4-6-8-10-20-16(22)14(18)12-24;4*3-1-2-4;;;/h13-14,23-24H,1-12,17-18H2,(H,19,21)(H,20,22);4*4H,1-3H2;;;/q;;;;;3*+3/p-6/t13-,14-;;;;;;;/m0......./s1. The van der Waals surface area contributed by atoms with Gasteiger partial charge in [-0.05, 0) is 39.0 Å². The SMILES string of the molecule is NCC[S-].NCC[S-].NCC[S-].NCC[S-].N[C@@H](C[S-])C(=O)NCCCCCCCCCCNC(=O)[C@@H](N)C[S-].[Co+3].[Rh+3].[Rh+3]. The molecule has 0 spiro atoms. The summed E-state index contributed by atoms with van der Waals surface area (Å²) >= 11 is 27.2. The Balaban J connectivity index is -0.0000000886. The number of nitrogens with two attached hydrogens (primary N) is 6. The average Bonchev–Trinajstić information content (AvgIpc) is 3.00. The molecule has 43 heavy (non-hydrogen) atoms. The maximum Gasteiger partial charge on any atom is 3.00 e. The maximum atomic E-state index is 11.4. The molecule has 10 nitrogen and oxygen atoms in total. The van der Waals surface area contributed by atoms with Gasteiger partial charge >= 0.3 is 55.7 Å². The van der Waals surface area contributed by atoms with Crippen molar-refractivity contribution in [3.8, 4) is 0 Å². The first-order valence-corrected chi connectivity index (χ1v) is 17.0. The zero-order valence-corrected chi connectivity index (χ0v) is 34.2. The van der Waals surface area contributed by atoms with Crippen LogP contribution in [0.5, 0.6) is 0 Å². The normalized spacial score (nSPS) is 10.2. The second-order valence-electron chi connectivity index (χ2n) is 7.93. The predicted octanol–water partition coefficient (Wildman–Crippen LogP) is -1.95. The van der Waals surface area contributed by atoms with E-state index < -0.39 is 12.1 Å². The van der Waals surface area contributed by atoms with E-state index in [4.69, 9.17) is 59.7 Å². The first kappa shape index (κ1) is 64.1. The monoisotopic (exact) mass is 945 g/mol. The molecule has 2 atom stereocenters. The number of carbonyl (C=O) groups excluding carboxylic acids is 2. The molecule has 0 aliphatic rings. The van der Waals surface area contributed by atoms with Gasteiger partial charge in [-0.1, -0.05) is 38.5 Å². The molecule has 14 N–H and O–H groups in total. The van der Waals surface area contributed by atoms with Crippen molar-refractivity contribution in [1.29, 1.82) is 0 Å². The van der Waals surface area contributed by atoms with E-state index in [0.717, 1.165) is 25.7 Å². The van der Waals surface area contributed by atoms with Crippen LogP contribution in [-0.4, -0.2) is 97.7 Å². The molecule has 0 saturated heterocycles. The van der Waals surface area contributed by atoms with Gasteiger partial charge in [0.15, 0.2) is 0 Å². The van der Waals surface area contributed by atoms with Crippen LogP contribution in [0.1, 0.15) is 51.4 Å². The smallest absolute Gasteiger partial charge is 0.791 e. The van der Waals surface area contributed by atoms with Crippen molar-refractivity contribution < 1.29 is 65.3 Å². The summed E-state index contributed by atoms with van der Waals surface area (Å²) in [5.74, 6) is 2.95. The van der Waals surface area contributed by atoms with Gasteiger partial charge in [-0.3, -0.25) is 9.59 Å². The van der Waals surface area contributed by atoms with E-state index in [9.17, 15) is 9.59 Å². The van der Waals surface area contributed by atoms with E-state index >= 15 is 0 Å². The Bertz CT molecular complexity index is 442. The van der Waals surface area contributed by atoms with Crippen molar-refractivity contribution in [2.45, 2.75) is 63.5 Å². The van der Waals surface area contributed by atoms with Crippen LogP contribution in [-0.2, 0) is 141 Å². The van der Waals surface area contributed by atoms with Crippen LogP contribution in [0.25, 0.3) is 0 Å². The molecule has 0 fully saturated rings. The number of unbranched alkanes of at least 4 members (excludes halogenated alkanes) is 7. The minimum atomic E-state index is -0.558. The van der Waals surface area contributed by atoms with E-state index in [1.807, 2.05) is 0 Å². The topological polar surface area (TPSA) is 214 Å². The fraction of sp³-hybridized carbons (Fsp3) is 0.917. The van der Waals surface area contributed by atoms with Crippen LogP contribution in [0.3, 0.4) is 0 Å². The third-order valence-electron chi connectivity index (χ3n) is 4.21. The summed E-state index contributed by atoms with van der Waals surface area (Å²) < 4.78 is 0. The summed E-state index contributed by atoms with van der Waals surface area (Å²) in [6, 6.07) is -1.12. The average molecular weight is 946 g/mol. The molecule has 0 radical (unpaired) electrons. The van der Waals surface area contributed by atoms with E-state index in [1.54, 1.807) is 0 Å². The Labute approximate surface area is 332 Å². The Kier molecular flexibility index (Phi) is 94.3. The zero-order chi connectivity index (χ0) is 31.9. The van der Waals surface area contributed by atoms with E-state index in [-0.39, 0.29) is 79.1 Å². The Hall–Kier alpha value is 2.55. The summed E-state index contributed by atoms with van der Waals surface area (Å²) in [6.45, 7) is 3.89. The number of hydrogen-bond acceptors (Lipinski definition) is 14. The van der Waals surface area contributed by atoms with E-state index in [2.05, 4.69) is 61.1 Å². The molecular weight excluding hydrogens is 889 g/mol. The summed E-state index contributed by atoms with van der Waals surface area (Å²) in [6.07, 6.45) is 8.92. The van der Waals surface area contributed by atoms with Gasteiger partial charge in [-0.25, -0.2) is 0 Å². The molecule has 0 heterocycles. The molecule has 19 heteroatoms. The van der Waals surface area contributed by atoms with Gasteiger partial charge in [0.05, 0.1) is 12.1 Å². The van der Waals surface area contributed by atoms with Crippen LogP contribution >= 0.6 is 0 Å². The summed E-state index contributed by atoms with van der Waals surface area (Å²) in [5, 5.41) is 5.60. The van der Waals surface area contributed by atoms with Crippen LogP contribution in [0.15, 0.2) is 0 Å². The van der Waals surface area contributed by atoms with Gasteiger partial charge in [0.2, 0.25) is 11.8 Å². The number of amides is 2. The molecule has 0 aromatic rings. The second-order valence-corrected chi connectivity index (χ2v) is 10.2. The fourth-order valence-corrected chi connectivity index (χ4v) is 2.45. The molecule has 0 rings (SSSR count). The zero-order valence-electron chi connectivity index (χ0n) is 25.0. The molecule has 264 valence electrons. The van der Waals surface area contributed by atoms with Crippen LogP contribution < -0.4 is 45.0 Å². The fourth-order valence-electron chi connectivity index (χ4n) is 2.15. The minimum absolute atomic E-state index is 0. The molecule has 0 aromatic carbocycles. The van der Waals surface area contributed by atoms with E-state index in [0.29, 0.717) is 62.3 Å². The summed E-state index contributed by atoms with van der Waals surface area (Å²) in [4.78, 5) is 22.8. The predicted molar refractivity (Wildman–Crippen MR) is 189 cm³/mol. The van der Waals surface area contributed by atoms with E-state index in [1.165, 1.54) is 25.7 Å². The van der Waals surface area contributed by atoms with Crippen molar-refractivity contribution in [3.63, 3.8) is 0 Å². The van der Waals surface area contributed by atoms with Crippen LogP contribution in [0, 0.1) is 0 Å². The molecule has 0 aliphatic carbocycles. The second kappa shape index (κ2) is 63.3. The first-order valence-electron chi connectivity index (χ1n) is 13.5. The summed E-state index contributed by atoms with van der Waals surface area (Å²) in [5.41, 5.74) is 30.8. The van der Waals surface area contributed by atoms with Gasteiger partial charge in [0, 0.05) is 13.1 Å². The molecule has 0 bridgehead atoms. The van der Waals surface area contributed by atoms with Gasteiger partial charge in [0.1, 0.15) is 0 Å². The third-order valence-corrected chi connectivity index (χ3v) is 5.87. The number of nitrogens with one attached hydrogen (secondary N) is 2. The number of rotatable bonds is 19. The molecule has 2 amide bonds. The van der Waals surface area contributed by atoms with Gasteiger partial charge in [-0.15, -0.1) is 0 Å². The molecule has 0 aromatic heterocycles. The van der Waals surface area contributed by atoms with Gasteiger partial charge < -0.3 is 121 Å². The van der Waals surface area contributed by atoms with Crippen molar-refractivity contribution in [1.82, 2.24) is 10.6 Å². The number of hydrogen-bond donors (Lipinski definition) is 8. The molecule has 0 aliphatic heterocycles. The van der Waals surface area contributed by atoms with Crippen LogP contribution in [0.4, 0.5) is 0 Å². The van der Waals surface area contributed by atoms with Crippen molar-refractivity contribution in [2.75, 3.05) is 73.8 Å². The quantitative estimate of drug-likeness (QED) is 0.0402. The Morgan fingerprint density at radius 2 is 0.674 bits per heavy atom. The van der Waals surface area contributed by atoms with Gasteiger partial charge in [-0.2, -0.15) is 34.5 Å². The van der Waals surface area contributed by atoms with Gasteiger partial charge in [0.25, 0.3) is 0 Å². The number of carbonyl (C=O) groups is 2. The Morgan fingerprint density at radius 1 is 0.488 bits per heavy atom. The molecule has 0 unspecified atom stereocenters. The van der Waals surface area contributed by atoms with Crippen LogP contribution in [0.2, 0.25) is 0 Å². The Morgan fingerprint density at radius 3 is 0.837 bits per heavy atom.